The average molecular weight is 352 g/mol. The standard InChI is InChI=1S/C18H33N5S/c1-13-10-14(2)12-23(11-13)9-8-21-18(19-5)20-7-6-17-22-15(3)16(4)24-17/h13-14H,6-12H2,1-5H3,(H2,19,20,21). The number of hydrogen-bond donors (Lipinski definition) is 2. The van der Waals surface area contributed by atoms with Crippen LogP contribution < -0.4 is 10.6 Å². The molecule has 0 bridgehead atoms. The summed E-state index contributed by atoms with van der Waals surface area (Å²) in [6, 6.07) is 0. The number of guanidine groups is 1. The highest BCUT2D eigenvalue weighted by atomic mass is 32.1. The maximum atomic E-state index is 4.58. The molecule has 0 aliphatic carbocycles. The lowest BCUT2D eigenvalue weighted by atomic mass is 9.92. The first-order chi connectivity index (χ1) is 11.5. The van der Waals surface area contributed by atoms with Crippen molar-refractivity contribution in [2.75, 3.05) is 39.8 Å². The van der Waals surface area contributed by atoms with Crippen molar-refractivity contribution in [2.24, 2.45) is 16.8 Å². The van der Waals surface area contributed by atoms with Gasteiger partial charge in [0, 0.05) is 51.1 Å². The minimum Gasteiger partial charge on any atom is -0.356 e. The molecule has 0 radical (unpaired) electrons. The van der Waals surface area contributed by atoms with E-state index in [0.29, 0.717) is 0 Å². The molecule has 2 unspecified atom stereocenters. The highest BCUT2D eigenvalue weighted by Gasteiger charge is 2.21. The van der Waals surface area contributed by atoms with Gasteiger partial charge in [-0.05, 0) is 32.1 Å². The van der Waals surface area contributed by atoms with Crippen LogP contribution in [0.2, 0.25) is 0 Å². The first-order valence-corrected chi connectivity index (χ1v) is 9.89. The molecule has 0 saturated carbocycles. The van der Waals surface area contributed by atoms with Crippen LogP contribution in [0.25, 0.3) is 0 Å². The highest BCUT2D eigenvalue weighted by molar-refractivity contribution is 7.11. The monoisotopic (exact) mass is 351 g/mol. The molecule has 1 aromatic rings. The summed E-state index contributed by atoms with van der Waals surface area (Å²) >= 11 is 1.79. The van der Waals surface area contributed by atoms with Gasteiger partial charge in [-0.3, -0.25) is 4.99 Å². The highest BCUT2D eigenvalue weighted by Crippen LogP contribution is 2.20. The molecule has 1 saturated heterocycles. The molecule has 0 amide bonds. The topological polar surface area (TPSA) is 52.6 Å². The van der Waals surface area contributed by atoms with Gasteiger partial charge in [0.05, 0.1) is 10.7 Å². The number of aromatic nitrogens is 1. The van der Waals surface area contributed by atoms with Gasteiger partial charge >= 0.3 is 0 Å². The Morgan fingerprint density at radius 1 is 1.21 bits per heavy atom. The molecular weight excluding hydrogens is 318 g/mol. The van der Waals surface area contributed by atoms with Crippen LogP contribution in [-0.4, -0.2) is 55.6 Å². The van der Waals surface area contributed by atoms with E-state index in [9.17, 15) is 0 Å². The number of thiazole rings is 1. The van der Waals surface area contributed by atoms with Crippen molar-refractivity contribution in [2.45, 2.75) is 40.5 Å². The quantitative estimate of drug-likeness (QED) is 0.611. The summed E-state index contributed by atoms with van der Waals surface area (Å²) in [7, 11) is 1.83. The van der Waals surface area contributed by atoms with Crippen LogP contribution in [0.4, 0.5) is 0 Å². The Kier molecular flexibility index (Phi) is 7.49. The Bertz CT molecular complexity index is 510. The van der Waals surface area contributed by atoms with Crippen LogP contribution >= 0.6 is 11.3 Å². The number of nitrogens with zero attached hydrogens (tertiary/aromatic N) is 3. The summed E-state index contributed by atoms with van der Waals surface area (Å²) < 4.78 is 0. The fraction of sp³-hybridized carbons (Fsp3) is 0.778. The van der Waals surface area contributed by atoms with Crippen molar-refractivity contribution in [1.29, 1.82) is 0 Å². The van der Waals surface area contributed by atoms with Crippen LogP contribution in [0, 0.1) is 25.7 Å². The van der Waals surface area contributed by atoms with Gasteiger partial charge in [0.2, 0.25) is 0 Å². The van der Waals surface area contributed by atoms with Crippen LogP contribution in [0.3, 0.4) is 0 Å². The lowest BCUT2D eigenvalue weighted by Crippen LogP contribution is -2.45. The maximum Gasteiger partial charge on any atom is 0.191 e. The van der Waals surface area contributed by atoms with E-state index in [-0.39, 0.29) is 0 Å². The minimum absolute atomic E-state index is 0.816. The van der Waals surface area contributed by atoms with E-state index >= 15 is 0 Å². The van der Waals surface area contributed by atoms with Crippen molar-refractivity contribution in [1.82, 2.24) is 20.5 Å². The molecule has 1 aliphatic rings. The first-order valence-electron chi connectivity index (χ1n) is 9.07. The Morgan fingerprint density at radius 2 is 1.88 bits per heavy atom. The predicted octanol–water partition coefficient (Wildman–Crippen LogP) is 2.45. The molecule has 1 fully saturated rings. The molecule has 2 atom stereocenters. The minimum atomic E-state index is 0.816. The van der Waals surface area contributed by atoms with Gasteiger partial charge < -0.3 is 15.5 Å². The third kappa shape index (κ3) is 6.06. The fourth-order valence-electron chi connectivity index (χ4n) is 3.46. The summed E-state index contributed by atoms with van der Waals surface area (Å²) in [6.07, 6.45) is 2.31. The Labute approximate surface area is 151 Å². The van der Waals surface area contributed by atoms with Crippen LogP contribution in [-0.2, 0) is 6.42 Å². The molecule has 0 aromatic carbocycles. The Morgan fingerprint density at radius 3 is 2.46 bits per heavy atom. The van der Waals surface area contributed by atoms with Gasteiger partial charge in [0.15, 0.2) is 5.96 Å². The van der Waals surface area contributed by atoms with Gasteiger partial charge in [-0.2, -0.15) is 0 Å². The largest absolute Gasteiger partial charge is 0.356 e. The number of likely N-dealkylation sites (tertiary alicyclic amines) is 1. The Hall–Kier alpha value is -1.14. The van der Waals surface area contributed by atoms with Gasteiger partial charge in [0.25, 0.3) is 0 Å². The number of nitrogens with one attached hydrogen (secondary N) is 2. The fourth-order valence-corrected chi connectivity index (χ4v) is 4.40. The van der Waals surface area contributed by atoms with Gasteiger partial charge in [-0.1, -0.05) is 13.8 Å². The SMILES string of the molecule is CN=C(NCCc1nc(C)c(C)s1)NCCN1CC(C)CC(C)C1. The van der Waals surface area contributed by atoms with Gasteiger partial charge in [0.1, 0.15) is 0 Å². The van der Waals surface area contributed by atoms with E-state index in [1.54, 1.807) is 11.3 Å². The summed E-state index contributed by atoms with van der Waals surface area (Å²) in [5.41, 5.74) is 1.16. The van der Waals surface area contributed by atoms with E-state index in [0.717, 1.165) is 49.5 Å². The maximum absolute atomic E-state index is 4.58. The Balaban J connectivity index is 1.65. The van der Waals surface area contributed by atoms with Crippen LogP contribution in [0.5, 0.6) is 0 Å². The lowest BCUT2D eigenvalue weighted by molar-refractivity contribution is 0.143. The van der Waals surface area contributed by atoms with Crippen LogP contribution in [0.1, 0.15) is 35.8 Å². The van der Waals surface area contributed by atoms with Crippen molar-refractivity contribution in [3.05, 3.63) is 15.6 Å². The van der Waals surface area contributed by atoms with Gasteiger partial charge in [-0.25, -0.2) is 4.98 Å². The molecule has 1 aromatic heterocycles. The number of aliphatic imine (C=N–C) groups is 1. The molecule has 1 aliphatic heterocycles. The molecular formula is C18H33N5S. The number of aryl methyl sites for hydroxylation is 2. The van der Waals surface area contributed by atoms with Crippen molar-refractivity contribution in [3.8, 4) is 0 Å². The normalized spacial score (nSPS) is 22.6. The second kappa shape index (κ2) is 9.37. The molecule has 0 spiro atoms. The van der Waals surface area contributed by atoms with Crippen molar-refractivity contribution >= 4 is 17.3 Å². The second-order valence-electron chi connectivity index (χ2n) is 7.13. The third-order valence-corrected chi connectivity index (χ3v) is 5.73. The number of rotatable bonds is 6. The van der Waals surface area contributed by atoms with Gasteiger partial charge in [-0.15, -0.1) is 11.3 Å². The van der Waals surface area contributed by atoms with E-state index in [2.05, 4.69) is 53.2 Å². The molecule has 2 heterocycles. The number of piperidine rings is 1. The summed E-state index contributed by atoms with van der Waals surface area (Å²) in [5, 5.41) is 8.02. The number of hydrogen-bond acceptors (Lipinski definition) is 4. The van der Waals surface area contributed by atoms with Crippen molar-refractivity contribution in [3.63, 3.8) is 0 Å². The first kappa shape index (κ1) is 19.2. The zero-order chi connectivity index (χ0) is 17.5. The summed E-state index contributed by atoms with van der Waals surface area (Å²) in [4.78, 5) is 12.8. The molecule has 24 heavy (non-hydrogen) atoms. The molecule has 6 heteroatoms. The van der Waals surface area contributed by atoms with E-state index in [4.69, 9.17) is 0 Å². The molecule has 5 nitrogen and oxygen atoms in total. The second-order valence-corrected chi connectivity index (χ2v) is 8.42. The smallest absolute Gasteiger partial charge is 0.191 e. The molecule has 2 N–H and O–H groups in total. The van der Waals surface area contributed by atoms with Crippen molar-refractivity contribution < 1.29 is 0 Å². The van der Waals surface area contributed by atoms with E-state index in [1.807, 2.05) is 7.05 Å². The average Bonchev–Trinajstić information content (AvgIpc) is 2.83. The van der Waals surface area contributed by atoms with E-state index < -0.39 is 0 Å². The zero-order valence-electron chi connectivity index (χ0n) is 15.9. The summed E-state index contributed by atoms with van der Waals surface area (Å²) in [5.74, 6) is 2.52. The summed E-state index contributed by atoms with van der Waals surface area (Å²) in [6.45, 7) is 14.3. The third-order valence-electron chi connectivity index (χ3n) is 4.59. The zero-order valence-corrected chi connectivity index (χ0v) is 16.7. The molecule has 136 valence electrons. The van der Waals surface area contributed by atoms with E-state index in [1.165, 1.54) is 29.4 Å². The lowest BCUT2D eigenvalue weighted by Gasteiger charge is -2.35. The molecule has 2 rings (SSSR count). The predicted molar refractivity (Wildman–Crippen MR) is 104 cm³/mol. The van der Waals surface area contributed by atoms with Crippen LogP contribution in [0.15, 0.2) is 4.99 Å².